The van der Waals surface area contributed by atoms with E-state index >= 15 is 0 Å². The van der Waals surface area contributed by atoms with E-state index < -0.39 is 0 Å². The van der Waals surface area contributed by atoms with Gasteiger partial charge in [-0.05, 0) is 23.8 Å². The summed E-state index contributed by atoms with van der Waals surface area (Å²) in [6, 6.07) is 18.2. The molecule has 0 fully saturated rings. The second-order valence-electron chi connectivity index (χ2n) is 4.25. The molecule has 0 aliphatic carbocycles. The van der Waals surface area contributed by atoms with Gasteiger partial charge in [-0.2, -0.15) is 0 Å². The lowest BCUT2D eigenvalue weighted by Gasteiger charge is -2.15. The molecular weight excluding hydrogens is 250 g/mol. The molecule has 0 radical (unpaired) electrons. The smallest absolute Gasteiger partial charge is 0.252 e. The molecule has 0 saturated carbocycles. The highest BCUT2D eigenvalue weighted by Gasteiger charge is 2.12. The summed E-state index contributed by atoms with van der Waals surface area (Å²) < 4.78 is 0. The highest BCUT2D eigenvalue weighted by molar-refractivity contribution is 5.94. The van der Waals surface area contributed by atoms with Gasteiger partial charge in [-0.1, -0.05) is 54.6 Å². The topological polar surface area (TPSA) is 46.2 Å². The average Bonchev–Trinajstić information content (AvgIpc) is 2.53. The summed E-state index contributed by atoms with van der Waals surface area (Å²) in [4.78, 5) is 22.7. The second-order valence-corrected chi connectivity index (χ2v) is 4.25. The summed E-state index contributed by atoms with van der Waals surface area (Å²) in [6.07, 6.45) is 3.76. The number of hydrogen-bond donors (Lipinski definition) is 1. The molecule has 0 aliphatic heterocycles. The van der Waals surface area contributed by atoms with Crippen LogP contribution in [-0.2, 0) is 4.79 Å². The minimum Gasteiger partial charge on any atom is -0.342 e. The minimum atomic E-state index is -0.325. The van der Waals surface area contributed by atoms with Crippen LogP contribution in [0.3, 0.4) is 0 Å². The maximum atomic E-state index is 12.2. The van der Waals surface area contributed by atoms with Gasteiger partial charge in [0.2, 0.25) is 0 Å². The van der Waals surface area contributed by atoms with Gasteiger partial charge in [-0.3, -0.25) is 9.59 Å². The number of allylic oxidation sites excluding steroid dienone is 1. The van der Waals surface area contributed by atoms with Gasteiger partial charge in [0.25, 0.3) is 5.91 Å². The molecule has 3 nitrogen and oxygen atoms in total. The van der Waals surface area contributed by atoms with Crippen molar-refractivity contribution in [3.8, 4) is 0 Å². The molecule has 0 heterocycles. The third-order valence-electron chi connectivity index (χ3n) is 2.86. The van der Waals surface area contributed by atoms with E-state index in [4.69, 9.17) is 0 Å². The van der Waals surface area contributed by atoms with Crippen LogP contribution in [0.2, 0.25) is 0 Å². The SMILES string of the molecule is O=C/C=C/C(NC(=O)c1ccccc1)c1ccccc1. The average molecular weight is 265 g/mol. The van der Waals surface area contributed by atoms with E-state index in [1.165, 1.54) is 6.08 Å². The number of benzene rings is 2. The monoisotopic (exact) mass is 265 g/mol. The Labute approximate surface area is 117 Å². The molecule has 0 aromatic heterocycles. The van der Waals surface area contributed by atoms with Crippen molar-refractivity contribution in [2.75, 3.05) is 0 Å². The molecule has 1 unspecified atom stereocenters. The molecule has 2 aromatic rings. The number of aldehydes is 1. The number of rotatable bonds is 5. The fourth-order valence-corrected chi connectivity index (χ4v) is 1.87. The van der Waals surface area contributed by atoms with Crippen LogP contribution in [0.5, 0.6) is 0 Å². The van der Waals surface area contributed by atoms with Crippen LogP contribution in [0.15, 0.2) is 72.8 Å². The minimum absolute atomic E-state index is 0.171. The maximum Gasteiger partial charge on any atom is 0.252 e. The molecule has 1 N–H and O–H groups in total. The lowest BCUT2D eigenvalue weighted by Crippen LogP contribution is -2.27. The van der Waals surface area contributed by atoms with Crippen molar-refractivity contribution in [1.82, 2.24) is 5.32 Å². The van der Waals surface area contributed by atoms with E-state index in [2.05, 4.69) is 5.32 Å². The van der Waals surface area contributed by atoms with Gasteiger partial charge in [-0.25, -0.2) is 0 Å². The molecule has 3 heteroatoms. The normalized spacial score (nSPS) is 12.0. The maximum absolute atomic E-state index is 12.2. The Kier molecular flexibility index (Phi) is 4.84. The third-order valence-corrected chi connectivity index (χ3v) is 2.86. The highest BCUT2D eigenvalue weighted by atomic mass is 16.1. The molecular formula is C17H15NO2. The summed E-state index contributed by atoms with van der Waals surface area (Å²) in [5.74, 6) is -0.171. The van der Waals surface area contributed by atoms with Gasteiger partial charge in [0.05, 0.1) is 6.04 Å². The van der Waals surface area contributed by atoms with Crippen molar-refractivity contribution < 1.29 is 9.59 Å². The number of carbonyl (C=O) groups excluding carboxylic acids is 2. The van der Waals surface area contributed by atoms with E-state index in [9.17, 15) is 9.59 Å². The summed E-state index contributed by atoms with van der Waals surface area (Å²) >= 11 is 0. The van der Waals surface area contributed by atoms with E-state index in [1.54, 1.807) is 18.2 Å². The van der Waals surface area contributed by atoms with Gasteiger partial charge in [0, 0.05) is 5.56 Å². The van der Waals surface area contributed by atoms with Crippen LogP contribution in [0, 0.1) is 0 Å². The lowest BCUT2D eigenvalue weighted by molar-refractivity contribution is -0.104. The van der Waals surface area contributed by atoms with Gasteiger partial charge in [0.15, 0.2) is 0 Å². The highest BCUT2D eigenvalue weighted by Crippen LogP contribution is 2.14. The van der Waals surface area contributed by atoms with Crippen molar-refractivity contribution in [3.05, 3.63) is 83.9 Å². The van der Waals surface area contributed by atoms with Gasteiger partial charge in [0.1, 0.15) is 6.29 Å². The fourth-order valence-electron chi connectivity index (χ4n) is 1.87. The number of hydrogen-bond acceptors (Lipinski definition) is 2. The largest absolute Gasteiger partial charge is 0.342 e. The number of carbonyl (C=O) groups is 2. The Hall–Kier alpha value is -2.68. The van der Waals surface area contributed by atoms with Crippen molar-refractivity contribution in [1.29, 1.82) is 0 Å². The quantitative estimate of drug-likeness (QED) is 0.667. The summed E-state index contributed by atoms with van der Waals surface area (Å²) in [5.41, 5.74) is 1.52. The predicted octanol–water partition coefficient (Wildman–Crippen LogP) is 2.91. The Morgan fingerprint density at radius 2 is 1.55 bits per heavy atom. The molecule has 20 heavy (non-hydrogen) atoms. The van der Waals surface area contributed by atoms with Crippen molar-refractivity contribution >= 4 is 12.2 Å². The van der Waals surface area contributed by atoms with Crippen molar-refractivity contribution in [2.24, 2.45) is 0 Å². The molecule has 0 aliphatic rings. The molecule has 0 spiro atoms. The summed E-state index contributed by atoms with van der Waals surface area (Å²) in [6.45, 7) is 0. The number of nitrogens with one attached hydrogen (secondary N) is 1. The standard InChI is InChI=1S/C17H15NO2/c19-13-7-12-16(14-8-3-1-4-9-14)18-17(20)15-10-5-2-6-11-15/h1-13,16H,(H,18,20)/b12-7+. The Balaban J connectivity index is 2.19. The molecule has 0 bridgehead atoms. The van der Waals surface area contributed by atoms with Gasteiger partial charge >= 0.3 is 0 Å². The van der Waals surface area contributed by atoms with Crippen LogP contribution in [0.4, 0.5) is 0 Å². The van der Waals surface area contributed by atoms with Crippen LogP contribution in [0.1, 0.15) is 22.0 Å². The van der Waals surface area contributed by atoms with Crippen molar-refractivity contribution in [2.45, 2.75) is 6.04 Å². The molecule has 0 saturated heterocycles. The lowest BCUT2D eigenvalue weighted by atomic mass is 10.1. The predicted molar refractivity (Wildman–Crippen MR) is 78.3 cm³/mol. The fraction of sp³-hybridized carbons (Fsp3) is 0.0588. The van der Waals surface area contributed by atoms with Crippen LogP contribution >= 0.6 is 0 Å². The van der Waals surface area contributed by atoms with Crippen molar-refractivity contribution in [3.63, 3.8) is 0 Å². The first kappa shape index (κ1) is 13.7. The molecule has 100 valence electrons. The zero-order valence-electron chi connectivity index (χ0n) is 10.9. The van der Waals surface area contributed by atoms with E-state index in [0.717, 1.165) is 5.56 Å². The molecule has 1 amide bonds. The molecule has 2 rings (SSSR count). The van der Waals surface area contributed by atoms with Crippen LogP contribution < -0.4 is 5.32 Å². The van der Waals surface area contributed by atoms with Gasteiger partial charge < -0.3 is 5.32 Å². The Morgan fingerprint density at radius 1 is 0.950 bits per heavy atom. The number of amides is 1. The van der Waals surface area contributed by atoms with Crippen LogP contribution in [0.25, 0.3) is 0 Å². The van der Waals surface area contributed by atoms with E-state index in [1.807, 2.05) is 48.5 Å². The third kappa shape index (κ3) is 3.65. The summed E-state index contributed by atoms with van der Waals surface area (Å²) in [5, 5.41) is 2.90. The first-order chi connectivity index (χ1) is 9.81. The zero-order chi connectivity index (χ0) is 14.2. The molecule has 2 aromatic carbocycles. The summed E-state index contributed by atoms with van der Waals surface area (Å²) in [7, 11) is 0. The second kappa shape index (κ2) is 7.04. The Morgan fingerprint density at radius 3 is 2.15 bits per heavy atom. The Bertz CT molecular complexity index is 591. The van der Waals surface area contributed by atoms with Gasteiger partial charge in [-0.15, -0.1) is 0 Å². The van der Waals surface area contributed by atoms with E-state index in [0.29, 0.717) is 11.8 Å². The first-order valence-electron chi connectivity index (χ1n) is 6.34. The molecule has 1 atom stereocenters. The zero-order valence-corrected chi connectivity index (χ0v) is 10.9. The first-order valence-corrected chi connectivity index (χ1v) is 6.34. The van der Waals surface area contributed by atoms with E-state index in [-0.39, 0.29) is 11.9 Å². The van der Waals surface area contributed by atoms with Crippen LogP contribution in [-0.4, -0.2) is 12.2 Å².